The molecule has 0 bridgehead atoms. The van der Waals surface area contributed by atoms with E-state index in [0.29, 0.717) is 25.2 Å². The minimum absolute atomic E-state index is 0.213. The zero-order chi connectivity index (χ0) is 27.6. The van der Waals surface area contributed by atoms with E-state index in [1.807, 2.05) is 45.0 Å². The molecule has 10 nitrogen and oxygen atoms in total. The summed E-state index contributed by atoms with van der Waals surface area (Å²) in [5.41, 5.74) is 2.55. The smallest absolute Gasteiger partial charge is 0.410 e. The van der Waals surface area contributed by atoms with Crippen molar-refractivity contribution in [3.8, 4) is 0 Å². The molecule has 202 valence electrons. The fourth-order valence-electron chi connectivity index (χ4n) is 4.59. The van der Waals surface area contributed by atoms with Crippen LogP contribution in [0.25, 0.3) is 0 Å². The summed E-state index contributed by atoms with van der Waals surface area (Å²) < 4.78 is 5.39. The number of imide groups is 1. The van der Waals surface area contributed by atoms with Crippen LogP contribution in [0.2, 0.25) is 0 Å². The van der Waals surface area contributed by atoms with Gasteiger partial charge in [-0.1, -0.05) is 30.3 Å². The van der Waals surface area contributed by atoms with Crippen LogP contribution in [0.1, 0.15) is 65.5 Å². The molecule has 4 rings (SSSR count). The van der Waals surface area contributed by atoms with Gasteiger partial charge in [-0.25, -0.2) is 4.79 Å². The van der Waals surface area contributed by atoms with Gasteiger partial charge in [0.05, 0.1) is 11.1 Å². The second-order valence-corrected chi connectivity index (χ2v) is 10.7. The minimum atomic E-state index is -0.967. The number of carbonyl (C=O) groups is 4. The van der Waals surface area contributed by atoms with Crippen LogP contribution in [0.4, 0.5) is 10.5 Å². The molecule has 2 aliphatic rings. The van der Waals surface area contributed by atoms with Gasteiger partial charge in [-0.05, 0) is 63.3 Å². The predicted molar refractivity (Wildman–Crippen MR) is 140 cm³/mol. The lowest BCUT2D eigenvalue weighted by atomic mass is 10.0. The van der Waals surface area contributed by atoms with Crippen LogP contribution in [0.15, 0.2) is 42.5 Å². The normalized spacial score (nSPS) is 19.2. The first-order valence-electron chi connectivity index (χ1n) is 12.7. The molecule has 3 N–H and O–H groups in total. The lowest BCUT2D eigenvalue weighted by Crippen LogP contribution is -2.55. The molecule has 0 spiro atoms. The van der Waals surface area contributed by atoms with Crippen molar-refractivity contribution in [2.45, 2.75) is 64.4 Å². The van der Waals surface area contributed by atoms with E-state index < -0.39 is 35.6 Å². The third-order valence-corrected chi connectivity index (χ3v) is 6.46. The van der Waals surface area contributed by atoms with Crippen molar-refractivity contribution in [2.75, 3.05) is 18.9 Å². The fraction of sp³-hybridized carbons (Fsp3) is 0.429. The summed E-state index contributed by atoms with van der Waals surface area (Å²) in [7, 11) is 1.70. The molecule has 2 heterocycles. The Balaban J connectivity index is 1.36. The highest BCUT2D eigenvalue weighted by Gasteiger charge is 2.45. The Morgan fingerprint density at radius 2 is 1.76 bits per heavy atom. The molecular weight excluding hydrogens is 488 g/mol. The van der Waals surface area contributed by atoms with Crippen molar-refractivity contribution < 1.29 is 29.0 Å². The van der Waals surface area contributed by atoms with Crippen LogP contribution in [0, 0.1) is 0 Å². The highest BCUT2D eigenvalue weighted by molar-refractivity contribution is 6.25. The molecule has 2 unspecified atom stereocenters. The SMILES string of the molecule is CN(Cc1ccc(CCNc2cccc3c2C(=O)N(C2CCC(O)NC2=O)C3=O)cc1)C(=O)OC(C)(C)C. The van der Waals surface area contributed by atoms with Gasteiger partial charge in [0.15, 0.2) is 0 Å². The van der Waals surface area contributed by atoms with Crippen molar-refractivity contribution in [1.82, 2.24) is 15.1 Å². The third-order valence-electron chi connectivity index (χ3n) is 6.46. The molecular formula is C28H34N4O6. The molecule has 1 saturated heterocycles. The largest absolute Gasteiger partial charge is 0.444 e. The molecule has 2 aliphatic heterocycles. The predicted octanol–water partition coefficient (Wildman–Crippen LogP) is 2.90. The Kier molecular flexibility index (Phi) is 7.73. The van der Waals surface area contributed by atoms with Gasteiger partial charge in [0.1, 0.15) is 17.9 Å². The van der Waals surface area contributed by atoms with Crippen molar-refractivity contribution >= 4 is 29.5 Å². The van der Waals surface area contributed by atoms with Crippen molar-refractivity contribution in [3.63, 3.8) is 0 Å². The van der Waals surface area contributed by atoms with Gasteiger partial charge in [0, 0.05) is 25.8 Å². The van der Waals surface area contributed by atoms with E-state index in [2.05, 4.69) is 10.6 Å². The van der Waals surface area contributed by atoms with Gasteiger partial charge < -0.3 is 25.4 Å². The number of aliphatic hydroxyl groups excluding tert-OH is 1. The van der Waals surface area contributed by atoms with E-state index >= 15 is 0 Å². The van der Waals surface area contributed by atoms with E-state index in [9.17, 15) is 24.3 Å². The van der Waals surface area contributed by atoms with Gasteiger partial charge in [0.25, 0.3) is 11.8 Å². The fourth-order valence-corrected chi connectivity index (χ4v) is 4.59. The van der Waals surface area contributed by atoms with Gasteiger partial charge in [0.2, 0.25) is 5.91 Å². The van der Waals surface area contributed by atoms with Crippen LogP contribution >= 0.6 is 0 Å². The zero-order valence-electron chi connectivity index (χ0n) is 22.1. The molecule has 2 aromatic rings. The number of nitrogens with zero attached hydrogens (tertiary/aromatic N) is 2. The summed E-state index contributed by atoms with van der Waals surface area (Å²) in [6.07, 6.45) is -0.197. The highest BCUT2D eigenvalue weighted by Crippen LogP contribution is 2.32. The maximum absolute atomic E-state index is 13.2. The molecule has 0 saturated carbocycles. The molecule has 0 aliphatic carbocycles. The zero-order valence-corrected chi connectivity index (χ0v) is 22.1. The monoisotopic (exact) mass is 522 g/mol. The second-order valence-electron chi connectivity index (χ2n) is 10.7. The van der Waals surface area contributed by atoms with Gasteiger partial charge in [-0.2, -0.15) is 0 Å². The van der Waals surface area contributed by atoms with Crippen molar-refractivity contribution in [1.29, 1.82) is 0 Å². The number of nitrogens with one attached hydrogen (secondary N) is 2. The average Bonchev–Trinajstić information content (AvgIpc) is 3.10. The van der Waals surface area contributed by atoms with Crippen LogP contribution in [0.5, 0.6) is 0 Å². The number of fused-ring (bicyclic) bond motifs is 1. The van der Waals surface area contributed by atoms with Crippen molar-refractivity contribution in [2.24, 2.45) is 0 Å². The maximum Gasteiger partial charge on any atom is 0.410 e. The van der Waals surface area contributed by atoms with Crippen LogP contribution in [-0.4, -0.2) is 70.2 Å². The van der Waals surface area contributed by atoms with E-state index in [1.165, 1.54) is 4.90 Å². The molecule has 2 atom stereocenters. The Bertz CT molecular complexity index is 1240. The first-order chi connectivity index (χ1) is 17.9. The number of hydrogen-bond acceptors (Lipinski definition) is 7. The highest BCUT2D eigenvalue weighted by atomic mass is 16.6. The summed E-state index contributed by atoms with van der Waals surface area (Å²) in [6.45, 7) is 6.43. The van der Waals surface area contributed by atoms with Crippen LogP contribution < -0.4 is 10.6 Å². The number of piperidine rings is 1. The average molecular weight is 523 g/mol. The summed E-state index contributed by atoms with van der Waals surface area (Å²) in [4.78, 5) is 53.3. The number of hydrogen-bond donors (Lipinski definition) is 3. The van der Waals surface area contributed by atoms with Gasteiger partial charge in [-0.3, -0.25) is 19.3 Å². The van der Waals surface area contributed by atoms with E-state index in [0.717, 1.165) is 16.0 Å². The molecule has 0 radical (unpaired) electrons. The Morgan fingerprint density at radius 1 is 1.08 bits per heavy atom. The molecule has 1 fully saturated rings. The van der Waals surface area contributed by atoms with E-state index in [-0.39, 0.29) is 30.1 Å². The quantitative estimate of drug-likeness (QED) is 0.477. The number of carbonyl (C=O) groups excluding carboxylic acids is 4. The van der Waals surface area contributed by atoms with Crippen molar-refractivity contribution in [3.05, 3.63) is 64.7 Å². The number of amides is 4. The molecule has 4 amide bonds. The van der Waals surface area contributed by atoms with E-state index in [4.69, 9.17) is 4.74 Å². The first-order valence-corrected chi connectivity index (χ1v) is 12.7. The molecule has 38 heavy (non-hydrogen) atoms. The number of rotatable bonds is 7. The molecule has 10 heteroatoms. The third kappa shape index (κ3) is 5.96. The second kappa shape index (κ2) is 10.8. The van der Waals surface area contributed by atoms with E-state index in [1.54, 1.807) is 25.2 Å². The summed E-state index contributed by atoms with van der Waals surface area (Å²) >= 11 is 0. The number of aliphatic hydroxyl groups is 1. The standard InChI is InChI=1S/C28H34N4O6/c1-28(2,3)38-27(37)31(4)16-18-10-8-17(9-11-18)14-15-29-20-7-5-6-19-23(20)26(36)32(25(19)35)21-12-13-22(33)30-24(21)34/h5-11,21-22,29,33H,12-16H2,1-4H3,(H,30,34). The number of benzene rings is 2. The summed E-state index contributed by atoms with van der Waals surface area (Å²) in [5, 5.41) is 15.3. The van der Waals surface area contributed by atoms with Crippen LogP contribution in [-0.2, 0) is 22.5 Å². The first kappa shape index (κ1) is 27.1. The lowest BCUT2D eigenvalue weighted by Gasteiger charge is -2.31. The number of anilines is 1. The lowest BCUT2D eigenvalue weighted by molar-refractivity contribution is -0.131. The molecule has 2 aromatic carbocycles. The topological polar surface area (TPSA) is 128 Å². The molecule has 0 aromatic heterocycles. The Labute approximate surface area is 221 Å². The Morgan fingerprint density at radius 3 is 2.42 bits per heavy atom. The van der Waals surface area contributed by atoms with Crippen LogP contribution in [0.3, 0.4) is 0 Å². The van der Waals surface area contributed by atoms with Gasteiger partial charge in [-0.15, -0.1) is 0 Å². The minimum Gasteiger partial charge on any atom is -0.444 e. The summed E-state index contributed by atoms with van der Waals surface area (Å²) in [6, 6.07) is 12.0. The van der Waals surface area contributed by atoms with Gasteiger partial charge >= 0.3 is 6.09 Å². The summed E-state index contributed by atoms with van der Waals surface area (Å²) in [5.74, 6) is -1.55. The maximum atomic E-state index is 13.2. The number of ether oxygens (including phenoxy) is 1. The Hall–Kier alpha value is -3.92.